The van der Waals surface area contributed by atoms with E-state index in [4.69, 9.17) is 0 Å². The molecule has 0 aromatic heterocycles. The van der Waals surface area contributed by atoms with Crippen molar-refractivity contribution in [2.45, 2.75) is 46.5 Å². The Labute approximate surface area is 94.5 Å². The maximum atomic E-state index is 2.48. The summed E-state index contributed by atoms with van der Waals surface area (Å²) in [7, 11) is 2.25. The minimum atomic E-state index is 0.586. The van der Waals surface area contributed by atoms with Gasteiger partial charge in [0.2, 0.25) is 0 Å². The first-order chi connectivity index (χ1) is 7.05. The van der Waals surface area contributed by atoms with E-state index in [1.807, 2.05) is 0 Å². The number of piperidine rings is 1. The molecular formula is C14H25N. The molecule has 1 spiro atoms. The maximum absolute atomic E-state index is 2.48. The van der Waals surface area contributed by atoms with Gasteiger partial charge >= 0.3 is 0 Å². The molecule has 0 amide bonds. The molecule has 1 saturated heterocycles. The zero-order chi connectivity index (χ0) is 11.1. The van der Waals surface area contributed by atoms with Crippen molar-refractivity contribution in [2.24, 2.45) is 11.3 Å². The monoisotopic (exact) mass is 207 g/mol. The first kappa shape index (κ1) is 11.2. The highest BCUT2D eigenvalue weighted by molar-refractivity contribution is 5.24. The van der Waals surface area contributed by atoms with E-state index in [-0.39, 0.29) is 0 Å². The Kier molecular flexibility index (Phi) is 2.94. The van der Waals surface area contributed by atoms with Gasteiger partial charge in [0.25, 0.3) is 0 Å². The molecule has 0 N–H and O–H groups in total. The van der Waals surface area contributed by atoms with Gasteiger partial charge in [-0.2, -0.15) is 0 Å². The van der Waals surface area contributed by atoms with Crippen LogP contribution in [-0.2, 0) is 0 Å². The van der Waals surface area contributed by atoms with Crippen molar-refractivity contribution in [2.75, 3.05) is 20.1 Å². The lowest BCUT2D eigenvalue weighted by molar-refractivity contribution is 0.129. The number of allylic oxidation sites excluding steroid dienone is 2. The van der Waals surface area contributed by atoms with Crippen molar-refractivity contribution in [3.05, 3.63) is 11.1 Å². The fourth-order valence-electron chi connectivity index (χ4n) is 3.36. The predicted octanol–water partition coefficient (Wildman–Crippen LogP) is 3.46. The van der Waals surface area contributed by atoms with E-state index in [2.05, 4.69) is 32.7 Å². The summed E-state index contributed by atoms with van der Waals surface area (Å²) in [6, 6.07) is 0. The summed E-state index contributed by atoms with van der Waals surface area (Å²) in [5, 5.41) is 0. The highest BCUT2D eigenvalue weighted by Gasteiger charge is 2.38. The average molecular weight is 207 g/mol. The Balaban J connectivity index is 2.22. The van der Waals surface area contributed by atoms with Gasteiger partial charge in [0.05, 0.1) is 0 Å². The Morgan fingerprint density at radius 2 is 1.73 bits per heavy atom. The number of nitrogens with zero attached hydrogens (tertiary/aromatic N) is 1. The summed E-state index contributed by atoms with van der Waals surface area (Å²) in [6.45, 7) is 9.73. The molecule has 1 unspecified atom stereocenters. The third kappa shape index (κ3) is 1.87. The molecule has 1 aliphatic carbocycles. The molecule has 0 saturated carbocycles. The van der Waals surface area contributed by atoms with E-state index in [0.717, 1.165) is 5.92 Å². The molecule has 1 heterocycles. The van der Waals surface area contributed by atoms with Crippen LogP contribution in [0, 0.1) is 11.3 Å². The molecule has 0 bridgehead atoms. The van der Waals surface area contributed by atoms with Crippen LogP contribution in [0.4, 0.5) is 0 Å². The van der Waals surface area contributed by atoms with Crippen LogP contribution in [0.1, 0.15) is 46.5 Å². The molecule has 1 heteroatoms. The minimum Gasteiger partial charge on any atom is -0.306 e. The van der Waals surface area contributed by atoms with E-state index in [9.17, 15) is 0 Å². The Morgan fingerprint density at radius 3 is 2.33 bits per heavy atom. The van der Waals surface area contributed by atoms with Crippen molar-refractivity contribution in [1.29, 1.82) is 0 Å². The first-order valence-electron chi connectivity index (χ1n) is 6.41. The Morgan fingerprint density at radius 1 is 1.13 bits per heavy atom. The number of hydrogen-bond acceptors (Lipinski definition) is 1. The number of likely N-dealkylation sites (tertiary alicyclic amines) is 1. The lowest BCUT2D eigenvalue weighted by Crippen LogP contribution is -2.40. The van der Waals surface area contributed by atoms with Crippen LogP contribution < -0.4 is 0 Å². The highest BCUT2D eigenvalue weighted by Crippen LogP contribution is 2.49. The second-order valence-electron chi connectivity index (χ2n) is 5.83. The van der Waals surface area contributed by atoms with E-state index in [0.29, 0.717) is 5.41 Å². The van der Waals surface area contributed by atoms with Crippen LogP contribution in [-0.4, -0.2) is 25.0 Å². The molecule has 0 aromatic rings. The summed E-state index contributed by atoms with van der Waals surface area (Å²) in [4.78, 5) is 2.48. The normalized spacial score (nSPS) is 32.4. The molecule has 1 aliphatic heterocycles. The van der Waals surface area contributed by atoms with Gasteiger partial charge in [-0.15, -0.1) is 0 Å². The van der Waals surface area contributed by atoms with Crippen molar-refractivity contribution in [1.82, 2.24) is 4.90 Å². The minimum absolute atomic E-state index is 0.586. The lowest BCUT2D eigenvalue weighted by atomic mass is 9.63. The molecule has 0 aromatic carbocycles. The van der Waals surface area contributed by atoms with Crippen LogP contribution in [0.25, 0.3) is 0 Å². The molecule has 1 nitrogen and oxygen atoms in total. The van der Waals surface area contributed by atoms with E-state index < -0.39 is 0 Å². The van der Waals surface area contributed by atoms with Gasteiger partial charge in [-0.3, -0.25) is 0 Å². The third-order valence-electron chi connectivity index (χ3n) is 5.13. The quantitative estimate of drug-likeness (QED) is 0.550. The predicted molar refractivity (Wildman–Crippen MR) is 65.9 cm³/mol. The fourth-order valence-corrected chi connectivity index (χ4v) is 3.36. The third-order valence-corrected chi connectivity index (χ3v) is 5.13. The van der Waals surface area contributed by atoms with Gasteiger partial charge in [0, 0.05) is 0 Å². The van der Waals surface area contributed by atoms with Gasteiger partial charge in [0.15, 0.2) is 0 Å². The number of rotatable bonds is 0. The van der Waals surface area contributed by atoms with Crippen LogP contribution >= 0.6 is 0 Å². The van der Waals surface area contributed by atoms with Crippen LogP contribution in [0.5, 0.6) is 0 Å². The van der Waals surface area contributed by atoms with E-state index in [1.165, 1.54) is 38.8 Å². The lowest BCUT2D eigenvalue weighted by Gasteiger charge is -2.46. The summed E-state index contributed by atoms with van der Waals surface area (Å²) in [6.07, 6.45) is 5.62. The number of hydrogen-bond donors (Lipinski definition) is 0. The molecule has 2 aliphatic rings. The van der Waals surface area contributed by atoms with Gasteiger partial charge in [-0.1, -0.05) is 18.1 Å². The summed E-state index contributed by atoms with van der Waals surface area (Å²) >= 11 is 0. The summed E-state index contributed by atoms with van der Waals surface area (Å²) in [5.74, 6) is 0.829. The zero-order valence-electron chi connectivity index (χ0n) is 10.8. The fraction of sp³-hybridized carbons (Fsp3) is 0.857. The molecule has 1 fully saturated rings. The SMILES string of the molecule is CC1=C(C)C2(CCC1C)CCN(C)CC2. The highest BCUT2D eigenvalue weighted by atomic mass is 15.1. The zero-order valence-corrected chi connectivity index (χ0v) is 10.8. The van der Waals surface area contributed by atoms with Gasteiger partial charge in [0.1, 0.15) is 0 Å². The molecule has 15 heavy (non-hydrogen) atoms. The smallest absolute Gasteiger partial charge is 0.00134 e. The molecule has 86 valence electrons. The second-order valence-corrected chi connectivity index (χ2v) is 5.83. The van der Waals surface area contributed by atoms with Crippen LogP contribution in [0.3, 0.4) is 0 Å². The molecule has 1 atom stereocenters. The summed E-state index contributed by atoms with van der Waals surface area (Å²) in [5.41, 5.74) is 4.00. The van der Waals surface area contributed by atoms with Crippen molar-refractivity contribution < 1.29 is 0 Å². The van der Waals surface area contributed by atoms with Crippen LogP contribution in [0.15, 0.2) is 11.1 Å². The Bertz CT molecular complexity index is 269. The molecular weight excluding hydrogens is 182 g/mol. The molecule has 2 rings (SSSR count). The molecule has 0 radical (unpaired) electrons. The Hall–Kier alpha value is -0.300. The summed E-state index contributed by atoms with van der Waals surface area (Å²) < 4.78 is 0. The van der Waals surface area contributed by atoms with Crippen molar-refractivity contribution >= 4 is 0 Å². The first-order valence-corrected chi connectivity index (χ1v) is 6.41. The topological polar surface area (TPSA) is 3.24 Å². The van der Waals surface area contributed by atoms with Crippen LogP contribution in [0.2, 0.25) is 0 Å². The van der Waals surface area contributed by atoms with Gasteiger partial charge in [-0.25, -0.2) is 0 Å². The second kappa shape index (κ2) is 3.93. The van der Waals surface area contributed by atoms with Gasteiger partial charge in [-0.05, 0) is 71.0 Å². The maximum Gasteiger partial charge on any atom is -0.00134 e. The van der Waals surface area contributed by atoms with E-state index in [1.54, 1.807) is 11.1 Å². The van der Waals surface area contributed by atoms with E-state index >= 15 is 0 Å². The largest absolute Gasteiger partial charge is 0.306 e. The van der Waals surface area contributed by atoms with Crippen molar-refractivity contribution in [3.63, 3.8) is 0 Å². The van der Waals surface area contributed by atoms with Gasteiger partial charge < -0.3 is 4.90 Å². The standard InChI is InChI=1S/C14H25N/c1-11-5-6-14(13(3)12(11)2)7-9-15(4)10-8-14/h11H,5-10H2,1-4H3. The average Bonchev–Trinajstić information content (AvgIpc) is 2.25. The van der Waals surface area contributed by atoms with Crippen molar-refractivity contribution in [3.8, 4) is 0 Å².